The molecule has 2 amide bonds. The van der Waals surface area contributed by atoms with Crippen molar-refractivity contribution in [1.29, 1.82) is 0 Å². The third-order valence-corrected chi connectivity index (χ3v) is 3.01. The Kier molecular flexibility index (Phi) is 5.79. The van der Waals surface area contributed by atoms with Crippen molar-refractivity contribution in [2.24, 2.45) is 0 Å². The molecular weight excluding hydrogens is 264 g/mol. The van der Waals surface area contributed by atoms with E-state index >= 15 is 0 Å². The summed E-state index contributed by atoms with van der Waals surface area (Å²) >= 11 is 0. The minimum atomic E-state index is -1.07. The second-order valence-electron chi connectivity index (χ2n) is 5.06. The first-order valence-corrected chi connectivity index (χ1v) is 6.81. The highest BCUT2D eigenvalue weighted by atomic mass is 16.5. The number of ether oxygens (including phenoxy) is 1. The van der Waals surface area contributed by atoms with E-state index in [1.54, 1.807) is 20.8 Å². The fourth-order valence-electron chi connectivity index (χ4n) is 1.87. The van der Waals surface area contributed by atoms with E-state index in [0.29, 0.717) is 0 Å². The first kappa shape index (κ1) is 16.3. The number of hydrogen-bond acceptors (Lipinski definition) is 4. The molecule has 1 aliphatic rings. The number of nitrogens with zero attached hydrogens (tertiary/aromatic N) is 2. The number of rotatable bonds is 7. The average molecular weight is 286 g/mol. The smallest absolute Gasteiger partial charge is 0.325 e. The van der Waals surface area contributed by atoms with Crippen LogP contribution in [0.15, 0.2) is 0 Å². The molecule has 0 aromatic heterocycles. The summed E-state index contributed by atoms with van der Waals surface area (Å²) in [6.45, 7) is 4.95. The number of esters is 1. The summed E-state index contributed by atoms with van der Waals surface area (Å²) in [7, 11) is 0. The SMILES string of the molecule is CCOC(=O)CN(C(=O)N(CC(=O)O)C(C)C)C1CC1. The van der Waals surface area contributed by atoms with Crippen LogP contribution >= 0.6 is 0 Å². The van der Waals surface area contributed by atoms with Crippen molar-refractivity contribution in [2.75, 3.05) is 19.7 Å². The van der Waals surface area contributed by atoms with Crippen LogP contribution in [0.1, 0.15) is 33.6 Å². The van der Waals surface area contributed by atoms with Crippen LogP contribution in [0.25, 0.3) is 0 Å². The standard InChI is InChI=1S/C13H22N2O5/c1-4-20-12(18)8-15(10-5-6-10)13(19)14(9(2)3)7-11(16)17/h9-10H,4-8H2,1-3H3,(H,16,17). The molecule has 1 fully saturated rings. The number of carbonyl (C=O) groups excluding carboxylic acids is 2. The number of aliphatic carboxylic acids is 1. The minimum Gasteiger partial charge on any atom is -0.480 e. The molecule has 0 aliphatic heterocycles. The largest absolute Gasteiger partial charge is 0.480 e. The quantitative estimate of drug-likeness (QED) is 0.703. The van der Waals surface area contributed by atoms with E-state index in [1.165, 1.54) is 9.80 Å². The van der Waals surface area contributed by atoms with Gasteiger partial charge in [-0.3, -0.25) is 9.59 Å². The molecule has 114 valence electrons. The zero-order chi connectivity index (χ0) is 15.3. The van der Waals surface area contributed by atoms with Crippen LogP contribution in [0.5, 0.6) is 0 Å². The lowest BCUT2D eigenvalue weighted by atomic mass is 10.3. The first-order valence-electron chi connectivity index (χ1n) is 6.81. The Bertz CT molecular complexity index is 379. The van der Waals surface area contributed by atoms with Gasteiger partial charge in [0.05, 0.1) is 6.61 Å². The minimum absolute atomic E-state index is 0.0157. The van der Waals surface area contributed by atoms with Crippen LogP contribution in [0.3, 0.4) is 0 Å². The van der Waals surface area contributed by atoms with Gasteiger partial charge in [-0.15, -0.1) is 0 Å². The average Bonchev–Trinajstić information content (AvgIpc) is 3.16. The monoisotopic (exact) mass is 286 g/mol. The van der Waals surface area contributed by atoms with Crippen LogP contribution in [0, 0.1) is 0 Å². The zero-order valence-corrected chi connectivity index (χ0v) is 12.2. The van der Waals surface area contributed by atoms with Crippen molar-refractivity contribution < 1.29 is 24.2 Å². The highest BCUT2D eigenvalue weighted by Crippen LogP contribution is 2.28. The van der Waals surface area contributed by atoms with Gasteiger partial charge in [-0.2, -0.15) is 0 Å². The molecule has 1 saturated carbocycles. The topological polar surface area (TPSA) is 87.2 Å². The highest BCUT2D eigenvalue weighted by molar-refractivity contribution is 5.84. The van der Waals surface area contributed by atoms with Gasteiger partial charge in [0.25, 0.3) is 0 Å². The van der Waals surface area contributed by atoms with Crippen molar-refractivity contribution in [3.63, 3.8) is 0 Å². The fourth-order valence-corrected chi connectivity index (χ4v) is 1.87. The third kappa shape index (κ3) is 4.71. The van der Waals surface area contributed by atoms with Crippen LogP contribution in [0.4, 0.5) is 4.79 Å². The van der Waals surface area contributed by atoms with Gasteiger partial charge in [-0.1, -0.05) is 0 Å². The summed E-state index contributed by atoms with van der Waals surface area (Å²) < 4.78 is 4.85. The Labute approximate surface area is 118 Å². The van der Waals surface area contributed by atoms with Gasteiger partial charge in [0.2, 0.25) is 0 Å². The molecule has 0 aromatic rings. The zero-order valence-electron chi connectivity index (χ0n) is 12.2. The van der Waals surface area contributed by atoms with E-state index in [2.05, 4.69) is 0 Å². The number of carboxylic acid groups (broad SMARTS) is 1. The van der Waals surface area contributed by atoms with Crippen molar-refractivity contribution in [3.05, 3.63) is 0 Å². The maximum atomic E-state index is 12.4. The predicted octanol–water partition coefficient (Wildman–Crippen LogP) is 0.929. The lowest BCUT2D eigenvalue weighted by Crippen LogP contribution is -2.50. The summed E-state index contributed by atoms with van der Waals surface area (Å²) in [5, 5.41) is 8.88. The number of hydrogen-bond donors (Lipinski definition) is 1. The predicted molar refractivity (Wildman–Crippen MR) is 71.2 cm³/mol. The lowest BCUT2D eigenvalue weighted by molar-refractivity contribution is -0.144. The van der Waals surface area contributed by atoms with Gasteiger partial charge in [-0.25, -0.2) is 4.79 Å². The van der Waals surface area contributed by atoms with Gasteiger partial charge in [0.15, 0.2) is 0 Å². The Hall–Kier alpha value is -1.79. The summed E-state index contributed by atoms with van der Waals surface area (Å²) in [5.41, 5.74) is 0. The molecule has 0 unspecified atom stereocenters. The Morgan fingerprint density at radius 2 is 1.85 bits per heavy atom. The van der Waals surface area contributed by atoms with E-state index in [-0.39, 0.29) is 31.8 Å². The molecule has 7 heteroatoms. The lowest BCUT2D eigenvalue weighted by Gasteiger charge is -2.31. The first-order chi connectivity index (χ1) is 9.36. The summed E-state index contributed by atoms with van der Waals surface area (Å²) in [4.78, 5) is 37.5. The molecule has 20 heavy (non-hydrogen) atoms. The van der Waals surface area contributed by atoms with E-state index < -0.39 is 18.0 Å². The summed E-state index contributed by atoms with van der Waals surface area (Å²) in [6.07, 6.45) is 1.67. The van der Waals surface area contributed by atoms with Crippen LogP contribution in [0.2, 0.25) is 0 Å². The number of amides is 2. The molecule has 0 spiro atoms. The molecule has 0 radical (unpaired) electrons. The van der Waals surface area contributed by atoms with Crippen molar-refractivity contribution in [3.8, 4) is 0 Å². The molecule has 7 nitrogen and oxygen atoms in total. The molecule has 0 saturated heterocycles. The summed E-state index contributed by atoms with van der Waals surface area (Å²) in [5.74, 6) is -1.54. The van der Waals surface area contributed by atoms with Crippen LogP contribution in [-0.2, 0) is 14.3 Å². The molecule has 0 heterocycles. The van der Waals surface area contributed by atoms with Gasteiger partial charge in [-0.05, 0) is 33.6 Å². The van der Waals surface area contributed by atoms with E-state index in [0.717, 1.165) is 12.8 Å². The highest BCUT2D eigenvalue weighted by Gasteiger charge is 2.37. The number of carboxylic acids is 1. The van der Waals surface area contributed by atoms with Gasteiger partial charge in [0.1, 0.15) is 13.1 Å². The Morgan fingerprint density at radius 1 is 1.25 bits per heavy atom. The fraction of sp³-hybridized carbons (Fsp3) is 0.769. The van der Waals surface area contributed by atoms with Gasteiger partial charge < -0.3 is 19.6 Å². The Balaban J connectivity index is 2.75. The second-order valence-corrected chi connectivity index (χ2v) is 5.06. The molecule has 1 aliphatic carbocycles. The summed E-state index contributed by atoms with van der Waals surface area (Å²) in [6, 6.07) is -0.651. The van der Waals surface area contributed by atoms with Gasteiger partial charge >= 0.3 is 18.0 Å². The molecule has 1 rings (SSSR count). The maximum absolute atomic E-state index is 12.4. The van der Waals surface area contributed by atoms with Crippen molar-refractivity contribution in [2.45, 2.75) is 45.7 Å². The van der Waals surface area contributed by atoms with Crippen molar-refractivity contribution in [1.82, 2.24) is 9.80 Å². The molecule has 1 N–H and O–H groups in total. The van der Waals surface area contributed by atoms with Gasteiger partial charge in [0, 0.05) is 12.1 Å². The van der Waals surface area contributed by atoms with Crippen LogP contribution < -0.4 is 0 Å². The second kappa shape index (κ2) is 7.12. The normalized spacial score (nSPS) is 14.0. The Morgan fingerprint density at radius 3 is 2.25 bits per heavy atom. The van der Waals surface area contributed by atoms with E-state index in [1.807, 2.05) is 0 Å². The van der Waals surface area contributed by atoms with Crippen molar-refractivity contribution >= 4 is 18.0 Å². The van der Waals surface area contributed by atoms with E-state index in [9.17, 15) is 14.4 Å². The molecular formula is C13H22N2O5. The molecule has 0 atom stereocenters. The number of carbonyl (C=O) groups is 3. The molecule has 0 bridgehead atoms. The third-order valence-electron chi connectivity index (χ3n) is 3.01. The van der Waals surface area contributed by atoms with Crippen LogP contribution in [-0.4, -0.2) is 64.7 Å². The number of urea groups is 1. The molecule has 0 aromatic carbocycles. The maximum Gasteiger partial charge on any atom is 0.325 e. The van der Waals surface area contributed by atoms with E-state index in [4.69, 9.17) is 9.84 Å².